The van der Waals surface area contributed by atoms with E-state index in [0.29, 0.717) is 12.4 Å². The number of hydrogen-bond acceptors (Lipinski definition) is 4. The number of ether oxygens (including phenoxy) is 1. The molecule has 0 fully saturated rings. The lowest BCUT2D eigenvalue weighted by atomic mass is 10.0. The molecule has 3 aromatic carbocycles. The van der Waals surface area contributed by atoms with Gasteiger partial charge in [-0.1, -0.05) is 62.4 Å². The van der Waals surface area contributed by atoms with Gasteiger partial charge in [0.25, 0.3) is 0 Å². The van der Waals surface area contributed by atoms with Gasteiger partial charge in [0.1, 0.15) is 5.75 Å². The van der Waals surface area contributed by atoms with Crippen molar-refractivity contribution >= 4 is 21.6 Å². The Balaban J connectivity index is 1.90. The molecule has 0 heterocycles. The number of aryl methyl sites for hydroxylation is 2. The summed E-state index contributed by atoms with van der Waals surface area (Å²) in [5, 5.41) is 2.98. The number of nitrogens with zero attached hydrogens (tertiary/aromatic N) is 1. The molecule has 180 valence electrons. The van der Waals surface area contributed by atoms with Crippen LogP contribution in [-0.4, -0.2) is 31.8 Å². The molecule has 7 heteroatoms. The average Bonchev–Trinajstić information content (AvgIpc) is 2.85. The minimum atomic E-state index is -3.93. The summed E-state index contributed by atoms with van der Waals surface area (Å²) in [6.07, 6.45) is 1.53. The summed E-state index contributed by atoms with van der Waals surface area (Å²) in [4.78, 5) is 13.2. The molecule has 3 aromatic rings. The number of benzene rings is 3. The Hall–Kier alpha value is -3.16. The van der Waals surface area contributed by atoms with E-state index in [2.05, 4.69) is 5.32 Å². The minimum absolute atomic E-state index is 0.0832. The zero-order valence-electron chi connectivity index (χ0n) is 20.0. The maximum atomic E-state index is 13.5. The smallest absolute Gasteiger partial charge is 0.243 e. The van der Waals surface area contributed by atoms with E-state index in [-0.39, 0.29) is 23.9 Å². The summed E-state index contributed by atoms with van der Waals surface area (Å²) in [6, 6.07) is 21.5. The zero-order valence-corrected chi connectivity index (χ0v) is 20.8. The zero-order chi connectivity index (χ0) is 24.6. The molecule has 0 bridgehead atoms. The third kappa shape index (κ3) is 6.24. The van der Waals surface area contributed by atoms with Gasteiger partial charge in [0.15, 0.2) is 0 Å². The Morgan fingerprint density at radius 3 is 2.03 bits per heavy atom. The number of amides is 1. The molecular formula is C27H32N2O4S. The molecule has 0 aliphatic carbocycles. The van der Waals surface area contributed by atoms with Crippen LogP contribution in [0.1, 0.15) is 37.5 Å². The lowest BCUT2D eigenvalue weighted by Crippen LogP contribution is -2.37. The predicted molar refractivity (Wildman–Crippen MR) is 135 cm³/mol. The van der Waals surface area contributed by atoms with Crippen molar-refractivity contribution in [2.75, 3.05) is 18.5 Å². The Kier molecular flexibility index (Phi) is 8.85. The van der Waals surface area contributed by atoms with Crippen molar-refractivity contribution in [3.63, 3.8) is 0 Å². The van der Waals surface area contributed by atoms with E-state index in [9.17, 15) is 13.2 Å². The fourth-order valence-corrected chi connectivity index (χ4v) is 5.16. The molecular weight excluding hydrogens is 448 g/mol. The molecule has 0 aromatic heterocycles. The summed E-state index contributed by atoms with van der Waals surface area (Å²) < 4.78 is 33.7. The van der Waals surface area contributed by atoms with E-state index < -0.39 is 10.0 Å². The van der Waals surface area contributed by atoms with Crippen molar-refractivity contribution in [2.24, 2.45) is 0 Å². The Bertz CT molecular complexity index is 1170. The Labute approximate surface area is 202 Å². The van der Waals surface area contributed by atoms with Crippen LogP contribution in [0.4, 0.5) is 5.69 Å². The molecule has 0 radical (unpaired) electrons. The number of carbonyl (C=O) groups is 1. The van der Waals surface area contributed by atoms with Crippen LogP contribution in [0.25, 0.3) is 0 Å². The summed E-state index contributed by atoms with van der Waals surface area (Å²) >= 11 is 0. The second-order valence-electron chi connectivity index (χ2n) is 7.87. The van der Waals surface area contributed by atoms with E-state index in [1.165, 1.54) is 16.4 Å². The van der Waals surface area contributed by atoms with Crippen molar-refractivity contribution in [1.29, 1.82) is 0 Å². The standard InChI is InChI=1S/C27H32N2O4S/c1-4-22-13-10-14-23(5-2)27(22)28-26(30)20-29(19-21-11-8-7-9-12-21)34(31,32)25-17-15-24(16-18-25)33-6-3/h7-18H,4-6,19-20H2,1-3H3,(H,28,30). The van der Waals surface area contributed by atoms with Gasteiger partial charge in [-0.25, -0.2) is 8.42 Å². The number of carbonyl (C=O) groups excluding carboxylic acids is 1. The number of para-hydroxylation sites is 1. The lowest BCUT2D eigenvalue weighted by Gasteiger charge is -2.23. The SMILES string of the molecule is CCOc1ccc(S(=O)(=O)N(CC(=O)Nc2c(CC)cccc2CC)Cc2ccccc2)cc1. The highest BCUT2D eigenvalue weighted by Crippen LogP contribution is 2.24. The molecule has 34 heavy (non-hydrogen) atoms. The van der Waals surface area contributed by atoms with Gasteiger partial charge in [-0.15, -0.1) is 0 Å². The first-order valence-corrected chi connectivity index (χ1v) is 13.0. The molecule has 0 aliphatic heterocycles. The molecule has 0 unspecified atom stereocenters. The van der Waals surface area contributed by atoms with Crippen molar-refractivity contribution in [3.8, 4) is 5.75 Å². The normalized spacial score (nSPS) is 11.4. The second kappa shape index (κ2) is 11.8. The molecule has 0 aliphatic rings. The third-order valence-electron chi connectivity index (χ3n) is 5.56. The van der Waals surface area contributed by atoms with Crippen molar-refractivity contribution < 1.29 is 17.9 Å². The summed E-state index contributed by atoms with van der Waals surface area (Å²) in [5.41, 5.74) is 3.62. The number of anilines is 1. The number of hydrogen-bond donors (Lipinski definition) is 1. The van der Waals surface area contributed by atoms with Crippen LogP contribution < -0.4 is 10.1 Å². The summed E-state index contributed by atoms with van der Waals surface area (Å²) in [6.45, 7) is 6.20. The first-order valence-electron chi connectivity index (χ1n) is 11.6. The molecule has 0 saturated heterocycles. The first kappa shape index (κ1) is 25.5. The highest BCUT2D eigenvalue weighted by Gasteiger charge is 2.27. The second-order valence-corrected chi connectivity index (χ2v) is 9.81. The molecule has 1 N–H and O–H groups in total. The van der Waals surface area contributed by atoms with Crippen LogP contribution in [0.15, 0.2) is 77.7 Å². The molecule has 0 spiro atoms. The molecule has 1 amide bonds. The fourth-order valence-electron chi connectivity index (χ4n) is 3.78. The largest absolute Gasteiger partial charge is 0.494 e. The van der Waals surface area contributed by atoms with E-state index in [1.807, 2.05) is 69.3 Å². The highest BCUT2D eigenvalue weighted by molar-refractivity contribution is 7.89. The van der Waals surface area contributed by atoms with Gasteiger partial charge in [0.05, 0.1) is 18.0 Å². The quantitative estimate of drug-likeness (QED) is 0.417. The molecule has 0 saturated carbocycles. The van der Waals surface area contributed by atoms with E-state index in [0.717, 1.165) is 35.2 Å². The summed E-state index contributed by atoms with van der Waals surface area (Å²) in [5.74, 6) is 0.220. The Morgan fingerprint density at radius 1 is 0.853 bits per heavy atom. The van der Waals surface area contributed by atoms with Crippen LogP contribution in [-0.2, 0) is 34.2 Å². The van der Waals surface area contributed by atoms with Gasteiger partial charge < -0.3 is 10.1 Å². The fraction of sp³-hybridized carbons (Fsp3) is 0.296. The molecule has 6 nitrogen and oxygen atoms in total. The Morgan fingerprint density at radius 2 is 1.47 bits per heavy atom. The predicted octanol–water partition coefficient (Wildman–Crippen LogP) is 5.04. The summed E-state index contributed by atoms with van der Waals surface area (Å²) in [7, 11) is -3.93. The van der Waals surface area contributed by atoms with Gasteiger partial charge in [-0.3, -0.25) is 4.79 Å². The lowest BCUT2D eigenvalue weighted by molar-refractivity contribution is -0.116. The van der Waals surface area contributed by atoms with Crippen LogP contribution in [0.5, 0.6) is 5.75 Å². The molecule has 3 rings (SSSR count). The van der Waals surface area contributed by atoms with Crippen LogP contribution >= 0.6 is 0 Å². The van der Waals surface area contributed by atoms with E-state index in [4.69, 9.17) is 4.74 Å². The molecule has 0 atom stereocenters. The van der Waals surface area contributed by atoms with Crippen molar-refractivity contribution in [3.05, 3.63) is 89.5 Å². The van der Waals surface area contributed by atoms with Crippen molar-refractivity contribution in [1.82, 2.24) is 4.31 Å². The van der Waals surface area contributed by atoms with Gasteiger partial charge in [-0.2, -0.15) is 4.31 Å². The average molecular weight is 481 g/mol. The van der Waals surface area contributed by atoms with Gasteiger partial charge >= 0.3 is 0 Å². The van der Waals surface area contributed by atoms with Crippen LogP contribution in [0.2, 0.25) is 0 Å². The van der Waals surface area contributed by atoms with E-state index in [1.54, 1.807) is 12.1 Å². The van der Waals surface area contributed by atoms with Crippen LogP contribution in [0, 0.1) is 0 Å². The number of nitrogens with one attached hydrogen (secondary N) is 1. The van der Waals surface area contributed by atoms with Crippen molar-refractivity contribution in [2.45, 2.75) is 45.1 Å². The monoisotopic (exact) mass is 480 g/mol. The van der Waals surface area contributed by atoms with E-state index >= 15 is 0 Å². The topological polar surface area (TPSA) is 75.7 Å². The van der Waals surface area contributed by atoms with Crippen LogP contribution in [0.3, 0.4) is 0 Å². The number of rotatable bonds is 11. The highest BCUT2D eigenvalue weighted by atomic mass is 32.2. The van der Waals surface area contributed by atoms with Gasteiger partial charge in [0.2, 0.25) is 15.9 Å². The van der Waals surface area contributed by atoms with Gasteiger partial charge in [-0.05, 0) is 60.7 Å². The van der Waals surface area contributed by atoms with Gasteiger partial charge in [0, 0.05) is 12.2 Å². The minimum Gasteiger partial charge on any atom is -0.494 e. The first-order chi connectivity index (χ1) is 16.4. The maximum absolute atomic E-state index is 13.5. The maximum Gasteiger partial charge on any atom is 0.243 e. The number of sulfonamides is 1. The third-order valence-corrected chi connectivity index (χ3v) is 7.36.